The minimum absolute atomic E-state index is 0.151. The van der Waals surface area contributed by atoms with Crippen molar-refractivity contribution in [3.63, 3.8) is 0 Å². The minimum atomic E-state index is -0.755. The number of carbonyl (C=O) groups is 2. The van der Waals surface area contributed by atoms with Crippen molar-refractivity contribution >= 4 is 11.8 Å². The van der Waals surface area contributed by atoms with E-state index in [1.165, 1.54) is 11.1 Å². The van der Waals surface area contributed by atoms with Crippen molar-refractivity contribution in [2.75, 3.05) is 13.2 Å². The predicted molar refractivity (Wildman–Crippen MR) is 125 cm³/mol. The lowest BCUT2D eigenvalue weighted by atomic mass is 9.88. The van der Waals surface area contributed by atoms with Gasteiger partial charge in [-0.2, -0.15) is 0 Å². The SMILES string of the molecule is NC(=O)c1ccc(C(=O)N2C3COCC2CC(O)C3)cc1C[C@@H](O)[C@@H]1Cc2ccccc2CN1. The van der Waals surface area contributed by atoms with Crippen LogP contribution in [0.15, 0.2) is 42.5 Å². The second-order valence-electron chi connectivity index (χ2n) is 9.65. The molecular formula is C26H31N3O5. The summed E-state index contributed by atoms with van der Waals surface area (Å²) in [5.41, 5.74) is 9.35. The van der Waals surface area contributed by atoms with Crippen molar-refractivity contribution < 1.29 is 24.5 Å². The van der Waals surface area contributed by atoms with Crippen LogP contribution in [0.1, 0.15) is 50.2 Å². The highest BCUT2D eigenvalue weighted by molar-refractivity contribution is 5.98. The number of fused-ring (bicyclic) bond motifs is 3. The number of benzene rings is 2. The van der Waals surface area contributed by atoms with E-state index in [9.17, 15) is 19.8 Å². The van der Waals surface area contributed by atoms with Gasteiger partial charge in [0.2, 0.25) is 5.91 Å². The van der Waals surface area contributed by atoms with E-state index in [0.29, 0.717) is 55.7 Å². The minimum Gasteiger partial charge on any atom is -0.393 e. The Kier molecular flexibility index (Phi) is 6.40. The van der Waals surface area contributed by atoms with Gasteiger partial charge in [0.15, 0.2) is 0 Å². The van der Waals surface area contributed by atoms with Crippen LogP contribution >= 0.6 is 0 Å². The first-order valence-corrected chi connectivity index (χ1v) is 11.9. The zero-order valence-corrected chi connectivity index (χ0v) is 19.0. The zero-order valence-electron chi connectivity index (χ0n) is 19.0. The van der Waals surface area contributed by atoms with E-state index >= 15 is 0 Å². The first kappa shape index (κ1) is 23.0. The lowest BCUT2D eigenvalue weighted by molar-refractivity contribution is -0.0871. The Bertz CT molecular complexity index is 1080. The van der Waals surface area contributed by atoms with Gasteiger partial charge in [-0.25, -0.2) is 0 Å². The van der Waals surface area contributed by atoms with E-state index in [4.69, 9.17) is 10.5 Å². The molecule has 2 aromatic carbocycles. The Hall–Kier alpha value is -2.78. The third kappa shape index (κ3) is 4.46. The largest absolute Gasteiger partial charge is 0.393 e. The number of nitrogens with one attached hydrogen (secondary N) is 1. The highest BCUT2D eigenvalue weighted by atomic mass is 16.5. The number of nitrogens with zero attached hydrogens (tertiary/aromatic N) is 1. The molecule has 0 radical (unpaired) electrons. The molecule has 0 aliphatic carbocycles. The summed E-state index contributed by atoms with van der Waals surface area (Å²) in [4.78, 5) is 27.4. The number of rotatable bonds is 5. The van der Waals surface area contributed by atoms with Gasteiger partial charge in [0.1, 0.15) is 0 Å². The third-order valence-electron chi connectivity index (χ3n) is 7.35. The molecule has 2 saturated heterocycles. The molecule has 8 heteroatoms. The number of ether oxygens (including phenoxy) is 1. The number of aliphatic hydroxyl groups excluding tert-OH is 2. The van der Waals surface area contributed by atoms with Gasteiger partial charge < -0.3 is 30.9 Å². The van der Waals surface area contributed by atoms with Gasteiger partial charge in [-0.3, -0.25) is 9.59 Å². The number of piperidine rings is 1. The topological polar surface area (TPSA) is 125 Å². The Morgan fingerprint density at radius 1 is 1.12 bits per heavy atom. The molecule has 0 aromatic heterocycles. The molecule has 34 heavy (non-hydrogen) atoms. The second kappa shape index (κ2) is 9.46. The summed E-state index contributed by atoms with van der Waals surface area (Å²) in [7, 11) is 0. The molecule has 5 rings (SSSR count). The average Bonchev–Trinajstić information content (AvgIpc) is 2.82. The van der Waals surface area contributed by atoms with Crippen LogP contribution in [0.25, 0.3) is 0 Å². The van der Waals surface area contributed by atoms with Crippen LogP contribution in [-0.4, -0.2) is 70.5 Å². The highest BCUT2D eigenvalue weighted by Gasteiger charge is 2.41. The Balaban J connectivity index is 1.37. The molecule has 0 spiro atoms. The van der Waals surface area contributed by atoms with Gasteiger partial charge in [0, 0.05) is 30.1 Å². The predicted octanol–water partition coefficient (Wildman–Crippen LogP) is 0.768. The van der Waals surface area contributed by atoms with Crippen molar-refractivity contribution in [2.24, 2.45) is 5.73 Å². The van der Waals surface area contributed by atoms with Gasteiger partial charge in [0.05, 0.1) is 37.5 Å². The van der Waals surface area contributed by atoms with E-state index < -0.39 is 18.1 Å². The molecule has 8 nitrogen and oxygen atoms in total. The molecule has 2 fully saturated rings. The van der Waals surface area contributed by atoms with Crippen LogP contribution in [0.5, 0.6) is 0 Å². The van der Waals surface area contributed by atoms with Gasteiger partial charge in [-0.1, -0.05) is 24.3 Å². The average molecular weight is 466 g/mol. The Morgan fingerprint density at radius 3 is 2.53 bits per heavy atom. The quantitative estimate of drug-likeness (QED) is 0.517. The van der Waals surface area contributed by atoms with Gasteiger partial charge >= 0.3 is 0 Å². The summed E-state index contributed by atoms with van der Waals surface area (Å²) < 4.78 is 5.61. The van der Waals surface area contributed by atoms with E-state index in [2.05, 4.69) is 17.4 Å². The molecule has 3 aliphatic heterocycles. The molecule has 0 saturated carbocycles. The van der Waals surface area contributed by atoms with E-state index in [1.54, 1.807) is 18.2 Å². The Morgan fingerprint density at radius 2 is 1.82 bits per heavy atom. The number of morpholine rings is 1. The fourth-order valence-electron chi connectivity index (χ4n) is 5.62. The molecule has 2 amide bonds. The zero-order chi connectivity index (χ0) is 23.8. The lowest BCUT2D eigenvalue weighted by Crippen LogP contribution is -2.60. The summed E-state index contributed by atoms with van der Waals surface area (Å²) in [6.45, 7) is 1.48. The van der Waals surface area contributed by atoms with Crippen LogP contribution in [0.3, 0.4) is 0 Å². The van der Waals surface area contributed by atoms with Gasteiger partial charge in [0.25, 0.3) is 5.91 Å². The van der Waals surface area contributed by atoms with Crippen LogP contribution in [0.2, 0.25) is 0 Å². The molecule has 3 heterocycles. The molecule has 2 aromatic rings. The summed E-state index contributed by atoms with van der Waals surface area (Å²) in [5, 5.41) is 24.6. The fourth-order valence-corrected chi connectivity index (χ4v) is 5.62. The van der Waals surface area contributed by atoms with Crippen molar-refractivity contribution in [3.05, 3.63) is 70.3 Å². The maximum Gasteiger partial charge on any atom is 0.254 e. The first-order valence-electron chi connectivity index (χ1n) is 11.9. The third-order valence-corrected chi connectivity index (χ3v) is 7.35. The maximum absolute atomic E-state index is 13.5. The molecule has 4 atom stereocenters. The molecule has 3 aliphatic rings. The summed E-state index contributed by atoms with van der Waals surface area (Å²) in [5.74, 6) is -0.740. The van der Waals surface area contributed by atoms with E-state index in [0.717, 1.165) is 0 Å². The Labute approximate surface area is 198 Å². The number of aliphatic hydroxyl groups is 2. The van der Waals surface area contributed by atoms with E-state index in [-0.39, 0.29) is 30.5 Å². The van der Waals surface area contributed by atoms with Gasteiger partial charge in [-0.05, 0) is 54.2 Å². The summed E-state index contributed by atoms with van der Waals surface area (Å²) in [6.07, 6.45) is 0.674. The molecule has 2 bridgehead atoms. The van der Waals surface area contributed by atoms with Crippen molar-refractivity contribution in [1.29, 1.82) is 0 Å². The maximum atomic E-state index is 13.5. The van der Waals surface area contributed by atoms with Crippen LogP contribution in [0, 0.1) is 0 Å². The normalized spacial score (nSPS) is 27.1. The van der Waals surface area contributed by atoms with Gasteiger partial charge in [-0.15, -0.1) is 0 Å². The standard InChI is InChI=1S/C26H31N3O5/c27-25(32)22-6-5-16(26(33)29-19-10-21(30)11-20(29)14-34-13-19)7-18(22)9-24(31)23-8-15-3-1-2-4-17(15)12-28-23/h1-7,19-21,23-24,28,30-31H,8-14H2,(H2,27,32)/t19?,20?,21?,23-,24+/m0/s1. The van der Waals surface area contributed by atoms with Crippen LogP contribution in [0.4, 0.5) is 0 Å². The summed E-state index contributed by atoms with van der Waals surface area (Å²) in [6, 6.07) is 12.5. The number of hydrogen-bond acceptors (Lipinski definition) is 6. The molecule has 2 unspecified atom stereocenters. The molecule has 5 N–H and O–H groups in total. The molecular weight excluding hydrogens is 434 g/mol. The number of nitrogens with two attached hydrogens (primary N) is 1. The van der Waals surface area contributed by atoms with Crippen molar-refractivity contribution in [1.82, 2.24) is 10.2 Å². The first-order chi connectivity index (χ1) is 16.4. The van der Waals surface area contributed by atoms with Crippen LogP contribution in [-0.2, 0) is 24.1 Å². The lowest BCUT2D eigenvalue weighted by Gasteiger charge is -2.47. The van der Waals surface area contributed by atoms with E-state index in [1.807, 2.05) is 17.0 Å². The number of amides is 2. The van der Waals surface area contributed by atoms with Crippen molar-refractivity contribution in [2.45, 2.75) is 62.6 Å². The number of carbonyl (C=O) groups excluding carboxylic acids is 2. The smallest absolute Gasteiger partial charge is 0.254 e. The fraction of sp³-hybridized carbons (Fsp3) is 0.462. The highest BCUT2D eigenvalue weighted by Crippen LogP contribution is 2.30. The molecule has 180 valence electrons. The number of hydrogen-bond donors (Lipinski definition) is 4. The number of primary amides is 1. The summed E-state index contributed by atoms with van der Waals surface area (Å²) >= 11 is 0. The van der Waals surface area contributed by atoms with Crippen molar-refractivity contribution in [3.8, 4) is 0 Å². The second-order valence-corrected chi connectivity index (χ2v) is 9.65. The monoisotopic (exact) mass is 465 g/mol. The van der Waals surface area contributed by atoms with Crippen LogP contribution < -0.4 is 11.1 Å².